The number of halogens is 4. The number of hydrogen-bond acceptors (Lipinski definition) is 5. The van der Waals surface area contributed by atoms with Gasteiger partial charge in [0.25, 0.3) is 5.91 Å². The number of nitrogens with one attached hydrogen (secondary N) is 2. The molecule has 1 unspecified atom stereocenters. The second-order valence-corrected chi connectivity index (χ2v) is 7.08. The van der Waals surface area contributed by atoms with Crippen LogP contribution in [0.4, 0.5) is 22.4 Å². The van der Waals surface area contributed by atoms with Crippen molar-refractivity contribution in [2.24, 2.45) is 5.92 Å². The van der Waals surface area contributed by atoms with Crippen molar-refractivity contribution in [3.05, 3.63) is 41.5 Å². The van der Waals surface area contributed by atoms with Crippen molar-refractivity contribution in [2.75, 3.05) is 13.2 Å². The number of hydrogen-bond donors (Lipinski definition) is 2. The van der Waals surface area contributed by atoms with E-state index in [2.05, 4.69) is 20.9 Å². The van der Waals surface area contributed by atoms with Crippen molar-refractivity contribution in [1.29, 1.82) is 0 Å². The fourth-order valence-corrected chi connectivity index (χ4v) is 2.88. The molecule has 1 heterocycles. The molecule has 8 nitrogen and oxygen atoms in total. The Bertz CT molecular complexity index is 914. The van der Waals surface area contributed by atoms with Crippen LogP contribution in [0.2, 0.25) is 0 Å². The van der Waals surface area contributed by atoms with Crippen molar-refractivity contribution < 1.29 is 31.9 Å². The molecule has 0 saturated carbocycles. The van der Waals surface area contributed by atoms with Crippen molar-refractivity contribution in [1.82, 2.24) is 25.6 Å². The number of amides is 2. The number of nitrogens with zero attached hydrogens (tertiary/aromatic N) is 3. The topological polar surface area (TPSA) is 98.1 Å². The summed E-state index contributed by atoms with van der Waals surface area (Å²) in [5, 5.41) is 11.7. The molecule has 1 aromatic heterocycles. The van der Waals surface area contributed by atoms with E-state index in [0.29, 0.717) is 11.1 Å². The summed E-state index contributed by atoms with van der Waals surface area (Å²) in [6.45, 7) is 5.38. The highest BCUT2D eigenvalue weighted by atomic mass is 19.4. The SMILES string of the molecule is CCOC(=O)NC(CNC(=O)c1nnn(-c2cccc(F)c2)c1C(F)(F)F)CC(C)C. The molecule has 2 aromatic rings. The highest BCUT2D eigenvalue weighted by Crippen LogP contribution is 2.32. The van der Waals surface area contributed by atoms with Crippen LogP contribution in [-0.2, 0) is 10.9 Å². The molecule has 2 rings (SSSR count). The highest BCUT2D eigenvalue weighted by Gasteiger charge is 2.42. The van der Waals surface area contributed by atoms with Gasteiger partial charge in [0.15, 0.2) is 11.4 Å². The smallest absolute Gasteiger partial charge is 0.435 e. The first-order valence-electron chi connectivity index (χ1n) is 9.53. The molecule has 1 aromatic carbocycles. The predicted octanol–water partition coefficient (Wildman–Crippen LogP) is 3.32. The number of benzene rings is 1. The van der Waals surface area contributed by atoms with Crippen LogP contribution in [0.1, 0.15) is 43.4 Å². The second-order valence-electron chi connectivity index (χ2n) is 7.08. The molecule has 0 fully saturated rings. The number of carbonyl (C=O) groups excluding carboxylic acids is 2. The van der Waals surface area contributed by atoms with E-state index in [1.165, 1.54) is 12.1 Å². The van der Waals surface area contributed by atoms with Gasteiger partial charge in [-0.3, -0.25) is 4.79 Å². The fourth-order valence-electron chi connectivity index (χ4n) is 2.88. The maximum absolute atomic E-state index is 13.7. The summed E-state index contributed by atoms with van der Waals surface area (Å²) in [7, 11) is 0. The van der Waals surface area contributed by atoms with Gasteiger partial charge >= 0.3 is 12.3 Å². The average molecular weight is 445 g/mol. The van der Waals surface area contributed by atoms with Crippen LogP contribution in [0.3, 0.4) is 0 Å². The van der Waals surface area contributed by atoms with E-state index in [-0.39, 0.29) is 24.8 Å². The lowest BCUT2D eigenvalue weighted by molar-refractivity contribution is -0.143. The molecule has 31 heavy (non-hydrogen) atoms. The van der Waals surface area contributed by atoms with Crippen LogP contribution in [0.25, 0.3) is 5.69 Å². The van der Waals surface area contributed by atoms with Crippen molar-refractivity contribution in [2.45, 2.75) is 39.4 Å². The monoisotopic (exact) mass is 445 g/mol. The maximum Gasteiger partial charge on any atom is 0.435 e. The molecule has 0 aliphatic rings. The van der Waals surface area contributed by atoms with Gasteiger partial charge in [-0.2, -0.15) is 13.2 Å². The molecule has 0 saturated heterocycles. The summed E-state index contributed by atoms with van der Waals surface area (Å²) in [6, 6.07) is 3.75. The molecule has 2 amide bonds. The molecule has 1 atom stereocenters. The van der Waals surface area contributed by atoms with E-state index in [4.69, 9.17) is 4.74 Å². The van der Waals surface area contributed by atoms with E-state index < -0.39 is 41.4 Å². The lowest BCUT2D eigenvalue weighted by atomic mass is 10.0. The lowest BCUT2D eigenvalue weighted by Crippen LogP contribution is -2.45. The van der Waals surface area contributed by atoms with Gasteiger partial charge in [0.05, 0.1) is 12.3 Å². The molecular formula is C19H23F4N5O3. The zero-order valence-corrected chi connectivity index (χ0v) is 17.2. The first-order valence-corrected chi connectivity index (χ1v) is 9.53. The summed E-state index contributed by atoms with van der Waals surface area (Å²) >= 11 is 0. The Labute approximate surface area is 175 Å². The van der Waals surface area contributed by atoms with Gasteiger partial charge in [-0.15, -0.1) is 5.10 Å². The minimum Gasteiger partial charge on any atom is -0.450 e. The normalized spacial score (nSPS) is 12.5. The largest absolute Gasteiger partial charge is 0.450 e. The van der Waals surface area contributed by atoms with Gasteiger partial charge < -0.3 is 15.4 Å². The number of rotatable bonds is 8. The van der Waals surface area contributed by atoms with E-state index in [9.17, 15) is 27.2 Å². The quantitative estimate of drug-likeness (QED) is 0.608. The fraction of sp³-hybridized carbons (Fsp3) is 0.474. The van der Waals surface area contributed by atoms with Gasteiger partial charge in [-0.25, -0.2) is 13.9 Å². The first kappa shape index (κ1) is 24.1. The molecule has 0 radical (unpaired) electrons. The van der Waals surface area contributed by atoms with Gasteiger partial charge in [0, 0.05) is 12.6 Å². The third-order valence-electron chi connectivity index (χ3n) is 4.07. The lowest BCUT2D eigenvalue weighted by Gasteiger charge is -2.20. The third kappa shape index (κ3) is 6.66. The van der Waals surface area contributed by atoms with Crippen LogP contribution >= 0.6 is 0 Å². The molecule has 0 aliphatic heterocycles. The molecule has 170 valence electrons. The van der Waals surface area contributed by atoms with Crippen molar-refractivity contribution >= 4 is 12.0 Å². The van der Waals surface area contributed by atoms with Crippen LogP contribution in [0, 0.1) is 11.7 Å². The minimum absolute atomic E-state index is 0.128. The van der Waals surface area contributed by atoms with E-state index in [1.54, 1.807) is 6.92 Å². The standard InChI is InChI=1S/C19H23F4N5O3/c1-4-31-18(30)25-13(8-11(2)3)10-24-17(29)15-16(19(21,22)23)28(27-26-15)14-7-5-6-12(20)9-14/h5-7,9,11,13H,4,8,10H2,1-3H3,(H,24,29)(H,25,30). The Morgan fingerprint density at radius 2 is 1.97 bits per heavy atom. The van der Waals surface area contributed by atoms with Gasteiger partial charge in [0.2, 0.25) is 0 Å². The van der Waals surface area contributed by atoms with Crippen molar-refractivity contribution in [3.63, 3.8) is 0 Å². The van der Waals surface area contributed by atoms with Gasteiger partial charge in [0.1, 0.15) is 5.82 Å². The Hall–Kier alpha value is -3.18. The number of carbonyl (C=O) groups is 2. The minimum atomic E-state index is -4.98. The van der Waals surface area contributed by atoms with Crippen LogP contribution in [0.15, 0.2) is 24.3 Å². The summed E-state index contributed by atoms with van der Waals surface area (Å²) in [5.41, 5.74) is -2.63. The molecular weight excluding hydrogens is 422 g/mol. The number of alkyl carbamates (subject to hydrolysis) is 1. The summed E-state index contributed by atoms with van der Waals surface area (Å²) in [4.78, 5) is 24.2. The first-order chi connectivity index (χ1) is 14.5. The zero-order chi connectivity index (χ0) is 23.2. The number of ether oxygens (including phenoxy) is 1. The predicted molar refractivity (Wildman–Crippen MR) is 102 cm³/mol. The second kappa shape index (κ2) is 10.2. The Balaban J connectivity index is 2.25. The van der Waals surface area contributed by atoms with E-state index in [1.807, 2.05) is 13.8 Å². The summed E-state index contributed by atoms with van der Waals surface area (Å²) in [5.74, 6) is -1.77. The summed E-state index contributed by atoms with van der Waals surface area (Å²) in [6.07, 6.45) is -5.24. The highest BCUT2D eigenvalue weighted by molar-refractivity contribution is 5.93. The van der Waals surface area contributed by atoms with E-state index in [0.717, 1.165) is 12.1 Å². The summed E-state index contributed by atoms with van der Waals surface area (Å²) < 4.78 is 59.6. The Morgan fingerprint density at radius 1 is 1.26 bits per heavy atom. The molecule has 0 spiro atoms. The number of alkyl halides is 3. The van der Waals surface area contributed by atoms with Gasteiger partial charge in [-0.1, -0.05) is 25.1 Å². The Morgan fingerprint density at radius 3 is 2.55 bits per heavy atom. The van der Waals surface area contributed by atoms with Crippen molar-refractivity contribution in [3.8, 4) is 5.69 Å². The third-order valence-corrected chi connectivity index (χ3v) is 4.07. The number of aromatic nitrogens is 3. The molecule has 12 heteroatoms. The van der Waals surface area contributed by atoms with Gasteiger partial charge in [-0.05, 0) is 37.5 Å². The average Bonchev–Trinajstić information content (AvgIpc) is 3.11. The van der Waals surface area contributed by atoms with E-state index >= 15 is 0 Å². The van der Waals surface area contributed by atoms with Crippen LogP contribution < -0.4 is 10.6 Å². The van der Waals surface area contributed by atoms with Crippen LogP contribution in [-0.4, -0.2) is 46.2 Å². The zero-order valence-electron chi connectivity index (χ0n) is 17.2. The maximum atomic E-state index is 13.7. The van der Waals surface area contributed by atoms with Crippen LogP contribution in [0.5, 0.6) is 0 Å². The molecule has 0 bridgehead atoms. The molecule has 2 N–H and O–H groups in total. The molecule has 0 aliphatic carbocycles. The Kier molecular flexibility index (Phi) is 7.95.